The summed E-state index contributed by atoms with van der Waals surface area (Å²) in [4.78, 5) is 12.0. The Hall–Kier alpha value is -3.31. The molecular weight excluding hydrogens is 344 g/mol. The Kier molecular flexibility index (Phi) is 4.52. The summed E-state index contributed by atoms with van der Waals surface area (Å²) in [6.45, 7) is 0.107. The molecule has 5 nitrogen and oxygen atoms in total. The Balaban J connectivity index is 1.76. The molecule has 3 aromatic rings. The van der Waals surface area contributed by atoms with Gasteiger partial charge in [0, 0.05) is 0 Å². The number of ether oxygens (including phenoxy) is 2. The Morgan fingerprint density at radius 3 is 2.37 bits per heavy atom. The molecule has 136 valence electrons. The maximum absolute atomic E-state index is 12.0. The van der Waals surface area contributed by atoms with Crippen LogP contribution in [-0.4, -0.2) is 23.0 Å². The SMILES string of the molecule is O=C(O)C(c1ccc2c(c1)OCO2)C(O)c1ccccc1-c1ccccc1. The van der Waals surface area contributed by atoms with E-state index in [1.165, 1.54) is 0 Å². The van der Waals surface area contributed by atoms with Crippen LogP contribution in [0.2, 0.25) is 0 Å². The van der Waals surface area contributed by atoms with E-state index in [0.29, 0.717) is 22.6 Å². The lowest BCUT2D eigenvalue weighted by Crippen LogP contribution is -2.20. The molecule has 0 fully saturated rings. The van der Waals surface area contributed by atoms with Crippen molar-refractivity contribution in [2.45, 2.75) is 12.0 Å². The molecule has 3 aromatic carbocycles. The van der Waals surface area contributed by atoms with Crippen LogP contribution in [0.4, 0.5) is 0 Å². The minimum atomic E-state index is -1.22. The Morgan fingerprint density at radius 1 is 0.889 bits per heavy atom. The number of benzene rings is 3. The number of rotatable bonds is 5. The van der Waals surface area contributed by atoms with Crippen LogP contribution in [0.5, 0.6) is 11.5 Å². The second-order valence-electron chi connectivity index (χ2n) is 6.33. The molecule has 4 rings (SSSR count). The number of aliphatic hydroxyl groups is 1. The molecule has 2 unspecified atom stereocenters. The highest BCUT2D eigenvalue weighted by Gasteiger charge is 2.32. The molecule has 27 heavy (non-hydrogen) atoms. The minimum absolute atomic E-state index is 0.107. The lowest BCUT2D eigenvalue weighted by Gasteiger charge is -2.22. The van der Waals surface area contributed by atoms with Crippen LogP contribution in [0.3, 0.4) is 0 Å². The molecule has 0 amide bonds. The molecular formula is C22H18O5. The van der Waals surface area contributed by atoms with Gasteiger partial charge in [-0.1, -0.05) is 60.7 Å². The van der Waals surface area contributed by atoms with Crippen LogP contribution in [-0.2, 0) is 4.79 Å². The number of aliphatic hydroxyl groups excluding tert-OH is 1. The summed E-state index contributed by atoms with van der Waals surface area (Å²) in [6.07, 6.45) is -1.22. The molecule has 1 aliphatic heterocycles. The van der Waals surface area contributed by atoms with Gasteiger partial charge in [-0.25, -0.2) is 0 Å². The molecule has 2 atom stereocenters. The Bertz CT molecular complexity index is 967. The zero-order valence-electron chi connectivity index (χ0n) is 14.4. The fraction of sp³-hybridized carbons (Fsp3) is 0.136. The molecule has 1 aliphatic rings. The monoisotopic (exact) mass is 362 g/mol. The highest BCUT2D eigenvalue weighted by Crippen LogP contribution is 2.40. The molecule has 0 saturated carbocycles. The fourth-order valence-electron chi connectivity index (χ4n) is 3.38. The van der Waals surface area contributed by atoms with Crippen molar-refractivity contribution in [2.75, 3.05) is 6.79 Å². The molecule has 2 N–H and O–H groups in total. The largest absolute Gasteiger partial charge is 0.481 e. The number of carbonyl (C=O) groups is 1. The maximum Gasteiger partial charge on any atom is 0.314 e. The first-order valence-corrected chi connectivity index (χ1v) is 8.60. The summed E-state index contributed by atoms with van der Waals surface area (Å²) < 4.78 is 10.6. The van der Waals surface area contributed by atoms with Crippen molar-refractivity contribution in [3.05, 3.63) is 83.9 Å². The van der Waals surface area contributed by atoms with E-state index in [1.807, 2.05) is 42.5 Å². The van der Waals surface area contributed by atoms with Crippen molar-refractivity contribution < 1.29 is 24.5 Å². The number of aliphatic carboxylic acids is 1. The van der Waals surface area contributed by atoms with E-state index in [9.17, 15) is 15.0 Å². The quantitative estimate of drug-likeness (QED) is 0.718. The molecule has 0 saturated heterocycles. The van der Waals surface area contributed by atoms with Gasteiger partial charge in [-0.3, -0.25) is 4.79 Å². The first kappa shape index (κ1) is 17.1. The second-order valence-corrected chi connectivity index (χ2v) is 6.33. The van der Waals surface area contributed by atoms with Crippen LogP contribution in [0.15, 0.2) is 72.8 Å². The van der Waals surface area contributed by atoms with E-state index in [0.717, 1.165) is 11.1 Å². The van der Waals surface area contributed by atoms with Gasteiger partial charge in [0.1, 0.15) is 5.92 Å². The van der Waals surface area contributed by atoms with Crippen LogP contribution >= 0.6 is 0 Å². The Labute approximate surface area is 156 Å². The molecule has 5 heteroatoms. The van der Waals surface area contributed by atoms with Crippen LogP contribution in [0, 0.1) is 0 Å². The van der Waals surface area contributed by atoms with Crippen molar-refractivity contribution in [1.29, 1.82) is 0 Å². The molecule has 0 bridgehead atoms. The predicted octanol–water partition coefficient (Wildman–Crippen LogP) is 3.98. The van der Waals surface area contributed by atoms with Crippen molar-refractivity contribution in [3.63, 3.8) is 0 Å². The lowest BCUT2D eigenvalue weighted by atomic mass is 9.85. The van der Waals surface area contributed by atoms with Gasteiger partial charge in [0.2, 0.25) is 6.79 Å². The average Bonchev–Trinajstić information content (AvgIpc) is 3.16. The summed E-state index contributed by atoms with van der Waals surface area (Å²) in [5, 5.41) is 20.9. The first-order valence-electron chi connectivity index (χ1n) is 8.60. The molecule has 0 aromatic heterocycles. The highest BCUT2D eigenvalue weighted by atomic mass is 16.7. The van der Waals surface area contributed by atoms with Gasteiger partial charge in [0.15, 0.2) is 11.5 Å². The van der Waals surface area contributed by atoms with Crippen molar-refractivity contribution in [1.82, 2.24) is 0 Å². The van der Waals surface area contributed by atoms with Gasteiger partial charge in [-0.2, -0.15) is 0 Å². The summed E-state index contributed by atoms with van der Waals surface area (Å²) in [5.41, 5.74) is 2.75. The van der Waals surface area contributed by atoms with Crippen molar-refractivity contribution in [2.24, 2.45) is 0 Å². The van der Waals surface area contributed by atoms with E-state index in [1.54, 1.807) is 30.3 Å². The Morgan fingerprint density at radius 2 is 1.59 bits per heavy atom. The minimum Gasteiger partial charge on any atom is -0.481 e. The lowest BCUT2D eigenvalue weighted by molar-refractivity contribution is -0.141. The van der Waals surface area contributed by atoms with E-state index >= 15 is 0 Å². The molecule has 0 radical (unpaired) electrons. The van der Waals surface area contributed by atoms with E-state index in [4.69, 9.17) is 9.47 Å². The van der Waals surface area contributed by atoms with E-state index in [-0.39, 0.29) is 6.79 Å². The van der Waals surface area contributed by atoms with Gasteiger partial charge in [0.05, 0.1) is 6.10 Å². The predicted molar refractivity (Wildman–Crippen MR) is 99.8 cm³/mol. The molecule has 1 heterocycles. The van der Waals surface area contributed by atoms with Crippen LogP contribution in [0.1, 0.15) is 23.1 Å². The topological polar surface area (TPSA) is 76.0 Å². The summed E-state index contributed by atoms with van der Waals surface area (Å²) in [7, 11) is 0. The highest BCUT2D eigenvalue weighted by molar-refractivity contribution is 5.79. The van der Waals surface area contributed by atoms with E-state index in [2.05, 4.69) is 0 Å². The maximum atomic E-state index is 12.0. The fourth-order valence-corrected chi connectivity index (χ4v) is 3.38. The molecule has 0 spiro atoms. The van der Waals surface area contributed by atoms with Crippen LogP contribution in [0.25, 0.3) is 11.1 Å². The third kappa shape index (κ3) is 3.25. The third-order valence-corrected chi connectivity index (χ3v) is 4.70. The number of carboxylic acid groups (broad SMARTS) is 1. The molecule has 0 aliphatic carbocycles. The zero-order valence-corrected chi connectivity index (χ0v) is 14.4. The third-order valence-electron chi connectivity index (χ3n) is 4.70. The number of carboxylic acids is 1. The van der Waals surface area contributed by atoms with Crippen LogP contribution < -0.4 is 9.47 Å². The first-order chi connectivity index (χ1) is 13.1. The number of hydrogen-bond acceptors (Lipinski definition) is 4. The summed E-state index contributed by atoms with van der Waals surface area (Å²) in [5.74, 6) is -1.18. The summed E-state index contributed by atoms with van der Waals surface area (Å²) in [6, 6.07) is 21.8. The van der Waals surface area contributed by atoms with Crippen molar-refractivity contribution >= 4 is 5.97 Å². The zero-order chi connectivity index (χ0) is 18.8. The smallest absolute Gasteiger partial charge is 0.314 e. The number of hydrogen-bond donors (Lipinski definition) is 2. The van der Waals surface area contributed by atoms with Gasteiger partial charge in [-0.15, -0.1) is 0 Å². The normalized spacial score (nSPS) is 14.6. The van der Waals surface area contributed by atoms with Gasteiger partial charge in [-0.05, 0) is 34.4 Å². The average molecular weight is 362 g/mol. The van der Waals surface area contributed by atoms with Crippen molar-refractivity contribution in [3.8, 4) is 22.6 Å². The van der Waals surface area contributed by atoms with Gasteiger partial charge >= 0.3 is 5.97 Å². The second kappa shape index (κ2) is 7.13. The van der Waals surface area contributed by atoms with Gasteiger partial charge in [0.25, 0.3) is 0 Å². The summed E-state index contributed by atoms with van der Waals surface area (Å²) >= 11 is 0. The standard InChI is InChI=1S/C22H18O5/c23-21(17-9-5-4-8-16(17)14-6-2-1-3-7-14)20(22(24)25)15-10-11-18-19(12-15)27-13-26-18/h1-12,20-21,23H,13H2,(H,24,25). The van der Waals surface area contributed by atoms with Gasteiger partial charge < -0.3 is 19.7 Å². The van der Waals surface area contributed by atoms with E-state index < -0.39 is 18.0 Å². The number of fused-ring (bicyclic) bond motifs is 1.